The normalized spacial score (nSPS) is 14.9. The highest BCUT2D eigenvalue weighted by Crippen LogP contribution is 2.15. The first-order chi connectivity index (χ1) is 13.3. The molecule has 2 nitrogen and oxygen atoms in total. The molecule has 1 N–H and O–H groups in total. The van der Waals surface area contributed by atoms with Crippen LogP contribution in [-0.2, 0) is 17.6 Å². The van der Waals surface area contributed by atoms with Gasteiger partial charge in [0.05, 0.1) is 18.8 Å². The zero-order valence-electron chi connectivity index (χ0n) is 18.3. The van der Waals surface area contributed by atoms with E-state index in [0.29, 0.717) is 18.4 Å². The summed E-state index contributed by atoms with van der Waals surface area (Å²) in [5.74, 6) is 0.870. The second kappa shape index (κ2) is 13.3. The van der Waals surface area contributed by atoms with Crippen molar-refractivity contribution in [3.05, 3.63) is 83.9 Å². The molecule has 0 heterocycles. The quantitative estimate of drug-likeness (QED) is 0.532. The zero-order valence-corrected chi connectivity index (χ0v) is 18.3. The lowest BCUT2D eigenvalue weighted by Gasteiger charge is -2.20. The molecule has 0 radical (unpaired) electrons. The summed E-state index contributed by atoms with van der Waals surface area (Å²) in [6, 6.07) is 20.8. The van der Waals surface area contributed by atoms with Gasteiger partial charge in [0.25, 0.3) is 0 Å². The molecule has 2 aromatic rings. The molecule has 0 aliphatic rings. The van der Waals surface area contributed by atoms with Gasteiger partial charge in [-0.15, -0.1) is 0 Å². The number of hydrogen-bond acceptors (Lipinski definition) is 2. The van der Waals surface area contributed by atoms with Gasteiger partial charge in [-0.05, 0) is 56.6 Å². The smallest absolute Gasteiger partial charge is 0.0675 e. The molecule has 0 aromatic heterocycles. The third-order valence-corrected chi connectivity index (χ3v) is 5.02. The highest BCUT2D eigenvalue weighted by atomic mass is 16.5. The maximum atomic E-state index is 9.28. The van der Waals surface area contributed by atoms with Crippen LogP contribution in [0.1, 0.15) is 45.7 Å². The fraction of sp³-hybridized carbons (Fsp3) is 0.462. The minimum atomic E-state index is -0.217. The third-order valence-electron chi connectivity index (χ3n) is 5.02. The van der Waals surface area contributed by atoms with Gasteiger partial charge in [-0.25, -0.2) is 0 Å². The van der Waals surface area contributed by atoms with E-state index in [1.807, 2.05) is 32.0 Å². The van der Waals surface area contributed by atoms with Crippen LogP contribution in [0.5, 0.6) is 0 Å². The predicted octanol–water partition coefficient (Wildman–Crippen LogP) is 6.09. The average Bonchev–Trinajstić information content (AvgIpc) is 2.68. The number of hydrogen-bond donors (Lipinski definition) is 1. The van der Waals surface area contributed by atoms with Crippen molar-refractivity contribution in [2.24, 2.45) is 11.8 Å². The van der Waals surface area contributed by atoms with Gasteiger partial charge in [-0.2, -0.15) is 0 Å². The van der Waals surface area contributed by atoms with Gasteiger partial charge in [-0.3, -0.25) is 0 Å². The van der Waals surface area contributed by atoms with Gasteiger partial charge in [0.15, 0.2) is 0 Å². The molecule has 0 unspecified atom stereocenters. The topological polar surface area (TPSA) is 29.5 Å². The fourth-order valence-electron chi connectivity index (χ4n) is 2.75. The Morgan fingerprint density at radius 2 is 1.25 bits per heavy atom. The van der Waals surface area contributed by atoms with Crippen molar-refractivity contribution in [1.82, 2.24) is 0 Å². The molecule has 2 heteroatoms. The minimum Gasteiger partial charge on any atom is -0.393 e. The van der Waals surface area contributed by atoms with Crippen LogP contribution < -0.4 is 0 Å². The molecule has 0 spiro atoms. The van der Waals surface area contributed by atoms with Gasteiger partial charge in [0.2, 0.25) is 0 Å². The van der Waals surface area contributed by atoms with Crippen LogP contribution in [0.2, 0.25) is 0 Å². The van der Waals surface area contributed by atoms with E-state index in [1.54, 1.807) is 0 Å². The Bertz CT molecular complexity index is 649. The molecule has 0 saturated carbocycles. The van der Waals surface area contributed by atoms with Crippen LogP contribution in [0.25, 0.3) is 0 Å². The first-order valence-corrected chi connectivity index (χ1v) is 10.3. The summed E-state index contributed by atoms with van der Waals surface area (Å²) >= 11 is 0. The first-order valence-electron chi connectivity index (χ1n) is 10.3. The Balaban J connectivity index is 0.000000292. The molecule has 154 valence electrons. The molecular weight excluding hydrogens is 344 g/mol. The standard InChI is InChI=1S/C15H22O.C11H16O/c1-12(2)11-16-14(4)13(3)10-15-8-6-5-7-9-15;1-9(10(2)12)8-11-6-4-3-5-7-11/h5-9,13-14H,1,10-11H2,2-4H3;3-7,9-10,12H,8H2,1-2H3/t13-,14+;9-,10+/m11/s1. The van der Waals surface area contributed by atoms with Crippen LogP contribution in [0.15, 0.2) is 72.8 Å². The Hall–Kier alpha value is -1.90. The van der Waals surface area contributed by atoms with E-state index >= 15 is 0 Å². The first kappa shape index (κ1) is 24.1. The molecule has 2 rings (SSSR count). The van der Waals surface area contributed by atoms with Gasteiger partial charge < -0.3 is 9.84 Å². The van der Waals surface area contributed by atoms with E-state index in [0.717, 1.165) is 18.4 Å². The summed E-state index contributed by atoms with van der Waals surface area (Å²) in [6.45, 7) is 14.8. The Labute approximate surface area is 172 Å². The van der Waals surface area contributed by atoms with Crippen molar-refractivity contribution in [2.75, 3.05) is 6.61 Å². The second-order valence-electron chi connectivity index (χ2n) is 8.05. The van der Waals surface area contributed by atoms with Crippen LogP contribution in [0.3, 0.4) is 0 Å². The van der Waals surface area contributed by atoms with Gasteiger partial charge in [-0.1, -0.05) is 86.7 Å². The molecule has 0 saturated heterocycles. The Morgan fingerprint density at radius 1 is 0.821 bits per heavy atom. The van der Waals surface area contributed by atoms with Crippen LogP contribution in [-0.4, -0.2) is 23.9 Å². The summed E-state index contributed by atoms with van der Waals surface area (Å²) in [5.41, 5.74) is 3.76. The second-order valence-corrected chi connectivity index (χ2v) is 8.05. The molecule has 0 fully saturated rings. The number of aliphatic hydroxyl groups is 1. The largest absolute Gasteiger partial charge is 0.393 e. The summed E-state index contributed by atoms with van der Waals surface area (Å²) < 4.78 is 5.74. The third kappa shape index (κ3) is 10.4. The number of benzene rings is 2. The molecule has 28 heavy (non-hydrogen) atoms. The van der Waals surface area contributed by atoms with Crippen molar-refractivity contribution in [3.63, 3.8) is 0 Å². The predicted molar refractivity (Wildman–Crippen MR) is 121 cm³/mol. The summed E-state index contributed by atoms with van der Waals surface area (Å²) in [5, 5.41) is 9.28. The van der Waals surface area contributed by atoms with Crippen molar-refractivity contribution < 1.29 is 9.84 Å². The number of rotatable bonds is 9. The Kier molecular flexibility index (Phi) is 11.5. The highest BCUT2D eigenvalue weighted by molar-refractivity contribution is 5.16. The van der Waals surface area contributed by atoms with E-state index < -0.39 is 0 Å². The van der Waals surface area contributed by atoms with Crippen molar-refractivity contribution in [3.8, 4) is 0 Å². The number of ether oxygens (including phenoxy) is 1. The molecular formula is C26H38O2. The highest BCUT2D eigenvalue weighted by Gasteiger charge is 2.13. The number of aliphatic hydroxyl groups excluding tert-OH is 1. The fourth-order valence-corrected chi connectivity index (χ4v) is 2.75. The van der Waals surface area contributed by atoms with E-state index in [2.05, 4.69) is 69.8 Å². The molecule has 4 atom stereocenters. The lowest BCUT2D eigenvalue weighted by atomic mass is 9.97. The molecule has 0 aliphatic carbocycles. The van der Waals surface area contributed by atoms with E-state index in [-0.39, 0.29) is 12.2 Å². The molecule has 0 aliphatic heterocycles. The molecule has 2 aromatic carbocycles. The monoisotopic (exact) mass is 382 g/mol. The van der Waals surface area contributed by atoms with Crippen molar-refractivity contribution >= 4 is 0 Å². The molecule has 0 bridgehead atoms. The minimum absolute atomic E-state index is 0.217. The van der Waals surface area contributed by atoms with Gasteiger partial charge in [0.1, 0.15) is 0 Å². The SMILES string of the molecule is C=C(C)CO[C@@H](C)[C@H](C)Cc1ccccc1.C[C@H](O)[C@H](C)Cc1ccccc1. The average molecular weight is 383 g/mol. The Morgan fingerprint density at radius 3 is 1.64 bits per heavy atom. The van der Waals surface area contributed by atoms with E-state index in [1.165, 1.54) is 11.1 Å². The maximum absolute atomic E-state index is 9.28. The summed E-state index contributed by atoms with van der Waals surface area (Å²) in [7, 11) is 0. The lowest BCUT2D eigenvalue weighted by molar-refractivity contribution is 0.0450. The van der Waals surface area contributed by atoms with Crippen LogP contribution >= 0.6 is 0 Å². The van der Waals surface area contributed by atoms with Crippen LogP contribution in [0, 0.1) is 11.8 Å². The van der Waals surface area contributed by atoms with E-state index in [9.17, 15) is 5.11 Å². The van der Waals surface area contributed by atoms with Crippen molar-refractivity contribution in [1.29, 1.82) is 0 Å². The van der Waals surface area contributed by atoms with Gasteiger partial charge >= 0.3 is 0 Å². The summed E-state index contributed by atoms with van der Waals surface area (Å²) in [4.78, 5) is 0. The van der Waals surface area contributed by atoms with Crippen molar-refractivity contribution in [2.45, 2.75) is 59.7 Å². The van der Waals surface area contributed by atoms with Crippen LogP contribution in [0.4, 0.5) is 0 Å². The summed E-state index contributed by atoms with van der Waals surface area (Å²) in [6.07, 6.45) is 2.08. The van der Waals surface area contributed by atoms with Gasteiger partial charge in [0, 0.05) is 0 Å². The van der Waals surface area contributed by atoms with E-state index in [4.69, 9.17) is 4.74 Å². The lowest BCUT2D eigenvalue weighted by Crippen LogP contribution is -2.20. The zero-order chi connectivity index (χ0) is 20.9. The maximum Gasteiger partial charge on any atom is 0.0675 e. The molecule has 0 amide bonds.